The third kappa shape index (κ3) is 9.37. The summed E-state index contributed by atoms with van der Waals surface area (Å²) in [5, 5.41) is 0. The van der Waals surface area contributed by atoms with Gasteiger partial charge in [0.25, 0.3) is 0 Å². The smallest absolute Gasteiger partial charge is 0.311 e. The third-order valence-electron chi connectivity index (χ3n) is 9.30. The molecule has 0 radical (unpaired) electrons. The normalized spacial score (nSPS) is 19.6. The Labute approximate surface area is 290 Å². The molecule has 8 nitrogen and oxygen atoms in total. The highest BCUT2D eigenvalue weighted by Crippen LogP contribution is 2.52. The van der Waals surface area contributed by atoms with Gasteiger partial charge < -0.3 is 28.4 Å². The average molecular weight is 671 g/mol. The fraction of sp³-hybridized carbons (Fsp3) is 0.463. The van der Waals surface area contributed by atoms with Crippen LogP contribution in [0.5, 0.6) is 28.7 Å². The molecule has 2 aromatic rings. The number of fused-ring (bicyclic) bond motifs is 3. The van der Waals surface area contributed by atoms with Crippen molar-refractivity contribution in [2.45, 2.75) is 83.5 Å². The van der Waals surface area contributed by atoms with Crippen LogP contribution in [0.3, 0.4) is 0 Å². The first-order valence-electron chi connectivity index (χ1n) is 17.7. The highest BCUT2D eigenvalue weighted by Gasteiger charge is 2.48. The number of rotatable bonds is 18. The van der Waals surface area contributed by atoms with Crippen molar-refractivity contribution in [1.29, 1.82) is 0 Å². The SMILES string of the molecule is CCCCC/C=C\C/C=C\C/C=C\C/C=C\CCCC(=O)Oc1c(OC)cc([C@@H]2c3cc4c(cc3C[C@H]3COC(=O)[C@@H]32)OCO4)cc1OC. The maximum absolute atomic E-state index is 13.0. The predicted octanol–water partition coefficient (Wildman–Crippen LogP) is 8.96. The summed E-state index contributed by atoms with van der Waals surface area (Å²) in [7, 11) is 3.05. The second kappa shape index (κ2) is 18.3. The Morgan fingerprint density at radius 3 is 2.04 bits per heavy atom. The van der Waals surface area contributed by atoms with Crippen LogP contribution < -0.4 is 23.7 Å². The van der Waals surface area contributed by atoms with Crippen molar-refractivity contribution >= 4 is 11.9 Å². The van der Waals surface area contributed by atoms with Crippen molar-refractivity contribution in [3.05, 3.63) is 89.6 Å². The molecule has 1 fully saturated rings. The molecule has 5 rings (SSSR count). The van der Waals surface area contributed by atoms with Crippen molar-refractivity contribution in [3.63, 3.8) is 0 Å². The van der Waals surface area contributed by atoms with E-state index in [4.69, 9.17) is 28.4 Å². The number of hydrogen-bond donors (Lipinski definition) is 0. The summed E-state index contributed by atoms with van der Waals surface area (Å²) < 4.78 is 34.1. The van der Waals surface area contributed by atoms with Crippen LogP contribution in [0.2, 0.25) is 0 Å². The number of esters is 2. The van der Waals surface area contributed by atoms with Crippen LogP contribution in [0.15, 0.2) is 72.9 Å². The van der Waals surface area contributed by atoms with E-state index in [1.54, 1.807) is 0 Å². The topological polar surface area (TPSA) is 89.5 Å². The minimum absolute atomic E-state index is 0.0319. The summed E-state index contributed by atoms with van der Waals surface area (Å²) in [5.41, 5.74) is 2.88. The van der Waals surface area contributed by atoms with Gasteiger partial charge in [-0.1, -0.05) is 68.4 Å². The Morgan fingerprint density at radius 1 is 0.796 bits per heavy atom. The van der Waals surface area contributed by atoms with Crippen LogP contribution in [-0.2, 0) is 20.7 Å². The molecule has 2 aromatic carbocycles. The summed E-state index contributed by atoms with van der Waals surface area (Å²) in [4.78, 5) is 25.9. The van der Waals surface area contributed by atoms with Gasteiger partial charge in [0.15, 0.2) is 23.0 Å². The first-order chi connectivity index (χ1) is 24.0. The minimum atomic E-state index is -0.367. The van der Waals surface area contributed by atoms with Crippen molar-refractivity contribution in [2.24, 2.45) is 11.8 Å². The molecule has 0 saturated carbocycles. The molecule has 3 aliphatic rings. The fourth-order valence-electron chi connectivity index (χ4n) is 6.77. The van der Waals surface area contributed by atoms with Crippen LogP contribution in [0.1, 0.15) is 93.7 Å². The van der Waals surface area contributed by atoms with Gasteiger partial charge in [-0.25, -0.2) is 0 Å². The van der Waals surface area contributed by atoms with Crippen molar-refractivity contribution in [2.75, 3.05) is 27.6 Å². The Hall–Kier alpha value is -4.46. The van der Waals surface area contributed by atoms with Crippen molar-refractivity contribution in [3.8, 4) is 28.7 Å². The zero-order valence-electron chi connectivity index (χ0n) is 29.1. The van der Waals surface area contributed by atoms with Gasteiger partial charge in [0.05, 0.1) is 26.7 Å². The molecule has 2 aliphatic heterocycles. The zero-order chi connectivity index (χ0) is 34.4. The number of cyclic esters (lactones) is 1. The van der Waals surface area contributed by atoms with E-state index in [9.17, 15) is 9.59 Å². The summed E-state index contributed by atoms with van der Waals surface area (Å²) in [6.07, 6.45) is 27.7. The lowest BCUT2D eigenvalue weighted by molar-refractivity contribution is -0.141. The third-order valence-corrected chi connectivity index (χ3v) is 9.30. The molecule has 0 bridgehead atoms. The summed E-state index contributed by atoms with van der Waals surface area (Å²) in [5.74, 6) is 1.07. The van der Waals surface area contributed by atoms with Crippen LogP contribution in [0.4, 0.5) is 0 Å². The van der Waals surface area contributed by atoms with Crippen LogP contribution in [-0.4, -0.2) is 39.6 Å². The molecule has 1 saturated heterocycles. The first-order valence-corrected chi connectivity index (χ1v) is 17.7. The lowest BCUT2D eigenvalue weighted by atomic mass is 9.67. The monoisotopic (exact) mass is 670 g/mol. The van der Waals surface area contributed by atoms with Gasteiger partial charge in [-0.2, -0.15) is 0 Å². The van der Waals surface area contributed by atoms with E-state index in [1.807, 2.05) is 24.3 Å². The summed E-state index contributed by atoms with van der Waals surface area (Å²) in [6, 6.07) is 7.64. The second-order valence-electron chi connectivity index (χ2n) is 12.7. The molecule has 1 aliphatic carbocycles. The second-order valence-corrected chi connectivity index (χ2v) is 12.7. The van der Waals surface area contributed by atoms with Gasteiger partial charge in [-0.3, -0.25) is 9.59 Å². The molecule has 8 heteroatoms. The lowest BCUT2D eigenvalue weighted by Gasteiger charge is -2.34. The number of carbonyl (C=O) groups excluding carboxylic acids is 2. The van der Waals surface area contributed by atoms with Crippen LogP contribution in [0.25, 0.3) is 0 Å². The average Bonchev–Trinajstić information content (AvgIpc) is 3.73. The van der Waals surface area contributed by atoms with Crippen LogP contribution >= 0.6 is 0 Å². The molecule has 262 valence electrons. The van der Waals surface area contributed by atoms with Gasteiger partial charge in [0.1, 0.15) is 0 Å². The molecule has 0 aromatic heterocycles. The van der Waals surface area contributed by atoms with Crippen molar-refractivity contribution in [1.82, 2.24) is 0 Å². The molecular weight excluding hydrogens is 620 g/mol. The molecular formula is C41H50O8. The largest absolute Gasteiger partial charge is 0.493 e. The lowest BCUT2D eigenvalue weighted by Crippen LogP contribution is -2.31. The van der Waals surface area contributed by atoms with Gasteiger partial charge in [0.2, 0.25) is 12.5 Å². The molecule has 0 amide bonds. The number of methoxy groups -OCH3 is 2. The standard InChI is InChI=1S/C41H50O8/c1-4-5-6-7-8-9-10-11-12-13-14-15-16-17-18-19-20-21-37(42)49-40-35(44-2)24-30(25-36(40)45-3)38-32-26-34-33(47-28-48-34)23-29(32)22-31-27-46-41(43)39(31)38/h8-9,11-12,14-15,17-18,23-26,31,38-39H,4-7,10,13,16,19-22,27-28H2,1-3H3/b9-8-,12-11-,15-14-,18-17-/t31-,38+,39-/m0/s1. The first kappa shape index (κ1) is 35.8. The predicted molar refractivity (Wildman–Crippen MR) is 190 cm³/mol. The number of allylic oxidation sites excluding steroid dienone is 8. The van der Waals surface area contributed by atoms with Gasteiger partial charge in [0, 0.05) is 18.3 Å². The van der Waals surface area contributed by atoms with Gasteiger partial charge in [-0.05, 0) is 92.3 Å². The van der Waals surface area contributed by atoms with E-state index in [-0.39, 0.29) is 48.7 Å². The van der Waals surface area contributed by atoms with E-state index in [0.29, 0.717) is 42.4 Å². The number of hydrogen-bond acceptors (Lipinski definition) is 8. The molecule has 2 heterocycles. The Morgan fingerprint density at radius 2 is 1.41 bits per heavy atom. The van der Waals surface area contributed by atoms with Crippen LogP contribution in [0, 0.1) is 11.8 Å². The van der Waals surface area contributed by atoms with Gasteiger partial charge >= 0.3 is 11.9 Å². The quantitative estimate of drug-likeness (QED) is 0.0672. The number of carbonyl (C=O) groups is 2. The highest BCUT2D eigenvalue weighted by atomic mass is 16.7. The molecule has 49 heavy (non-hydrogen) atoms. The highest BCUT2D eigenvalue weighted by molar-refractivity contribution is 5.79. The summed E-state index contributed by atoms with van der Waals surface area (Å²) in [6.45, 7) is 2.77. The number of ether oxygens (including phenoxy) is 6. The maximum atomic E-state index is 13.0. The maximum Gasteiger partial charge on any atom is 0.311 e. The van der Waals surface area contributed by atoms with E-state index >= 15 is 0 Å². The summed E-state index contributed by atoms with van der Waals surface area (Å²) >= 11 is 0. The molecule has 0 N–H and O–H groups in total. The van der Waals surface area contributed by atoms with E-state index < -0.39 is 0 Å². The number of benzene rings is 2. The molecule has 0 unspecified atom stereocenters. The Balaban J connectivity index is 1.13. The van der Waals surface area contributed by atoms with E-state index in [0.717, 1.165) is 42.4 Å². The Kier molecular flexibility index (Phi) is 13.4. The minimum Gasteiger partial charge on any atom is -0.493 e. The van der Waals surface area contributed by atoms with E-state index in [2.05, 4.69) is 55.5 Å². The number of unbranched alkanes of at least 4 members (excludes halogenated alkanes) is 4. The molecule has 0 spiro atoms. The zero-order valence-corrected chi connectivity index (χ0v) is 29.1. The Bertz CT molecular complexity index is 1530. The molecule has 3 atom stereocenters. The van der Waals surface area contributed by atoms with Crippen molar-refractivity contribution < 1.29 is 38.0 Å². The van der Waals surface area contributed by atoms with E-state index in [1.165, 1.54) is 39.9 Å². The fourth-order valence-corrected chi connectivity index (χ4v) is 6.77. The van der Waals surface area contributed by atoms with Gasteiger partial charge in [-0.15, -0.1) is 0 Å².